The number of carbonyl (C=O) groups is 1. The fourth-order valence-electron chi connectivity index (χ4n) is 1.82. The molecule has 1 unspecified atom stereocenters. The molecule has 0 radical (unpaired) electrons. The lowest BCUT2D eigenvalue weighted by Crippen LogP contribution is -2.31. The minimum atomic E-state index is -0.138. The monoisotopic (exact) mass is 342 g/mol. The van der Waals surface area contributed by atoms with Crippen molar-refractivity contribution in [2.24, 2.45) is 11.7 Å². The van der Waals surface area contributed by atoms with Crippen molar-refractivity contribution in [3.63, 3.8) is 0 Å². The smallest absolute Gasteiger partial charge is 0.254 e. The number of nitrogens with zero attached hydrogens (tertiary/aromatic N) is 2. The molecule has 2 aromatic rings. The summed E-state index contributed by atoms with van der Waals surface area (Å²) in [7, 11) is 0. The van der Waals surface area contributed by atoms with E-state index in [0.29, 0.717) is 30.2 Å². The summed E-state index contributed by atoms with van der Waals surface area (Å²) < 4.78 is 1.70. The summed E-state index contributed by atoms with van der Waals surface area (Å²) in [5, 5.41) is 7.72. The summed E-state index contributed by atoms with van der Waals surface area (Å²) in [5.74, 6) is 0.118. The quantitative estimate of drug-likeness (QED) is 0.846. The van der Waals surface area contributed by atoms with Crippen LogP contribution in [0.1, 0.15) is 22.8 Å². The third-order valence-corrected chi connectivity index (χ3v) is 3.57. The van der Waals surface area contributed by atoms with Gasteiger partial charge in [-0.25, -0.2) is 0 Å². The molecule has 0 spiro atoms. The van der Waals surface area contributed by atoms with Crippen LogP contribution in [0.15, 0.2) is 36.7 Å². The van der Waals surface area contributed by atoms with Crippen molar-refractivity contribution in [3.05, 3.63) is 52.8 Å². The van der Waals surface area contributed by atoms with Crippen molar-refractivity contribution in [3.8, 4) is 0 Å². The molecule has 0 saturated heterocycles. The van der Waals surface area contributed by atoms with Crippen LogP contribution in [0.3, 0.4) is 0 Å². The highest BCUT2D eigenvalue weighted by atomic mass is 35.5. The molecule has 0 bridgehead atoms. The molecule has 1 atom stereocenters. The van der Waals surface area contributed by atoms with Gasteiger partial charge >= 0.3 is 0 Å². The molecule has 1 amide bonds. The summed E-state index contributed by atoms with van der Waals surface area (Å²) in [4.78, 5) is 12.0. The molecule has 0 aliphatic rings. The number of amides is 1. The topological polar surface area (TPSA) is 72.9 Å². The Bertz CT molecular complexity index is 615. The number of hydrogen-bond acceptors (Lipinski definition) is 3. The Balaban J connectivity index is 0.00000242. The van der Waals surface area contributed by atoms with E-state index in [1.54, 1.807) is 17.1 Å². The van der Waals surface area contributed by atoms with E-state index < -0.39 is 0 Å². The first-order valence-electron chi connectivity index (χ1n) is 6.84. The molecule has 22 heavy (non-hydrogen) atoms. The van der Waals surface area contributed by atoms with E-state index in [4.69, 9.17) is 17.3 Å². The van der Waals surface area contributed by atoms with Gasteiger partial charge in [0.2, 0.25) is 0 Å². The van der Waals surface area contributed by atoms with Gasteiger partial charge in [-0.3, -0.25) is 9.48 Å². The summed E-state index contributed by atoms with van der Waals surface area (Å²) in [5.41, 5.74) is 7.02. The molecule has 1 heterocycles. The number of halogens is 2. The highest BCUT2D eigenvalue weighted by molar-refractivity contribution is 6.31. The van der Waals surface area contributed by atoms with Crippen LogP contribution in [0.2, 0.25) is 5.02 Å². The summed E-state index contributed by atoms with van der Waals surface area (Å²) in [6, 6.07) is 7.58. The van der Waals surface area contributed by atoms with Gasteiger partial charge in [-0.15, -0.1) is 12.4 Å². The van der Waals surface area contributed by atoms with Crippen LogP contribution in [0.5, 0.6) is 0 Å². The van der Waals surface area contributed by atoms with Gasteiger partial charge in [0.05, 0.1) is 18.3 Å². The van der Waals surface area contributed by atoms with Gasteiger partial charge in [-0.2, -0.15) is 5.10 Å². The van der Waals surface area contributed by atoms with Crippen LogP contribution >= 0.6 is 24.0 Å². The van der Waals surface area contributed by atoms with Crippen molar-refractivity contribution in [2.75, 3.05) is 13.1 Å². The third-order valence-electron chi connectivity index (χ3n) is 3.20. The van der Waals surface area contributed by atoms with Crippen LogP contribution in [0, 0.1) is 5.92 Å². The molecule has 0 aliphatic heterocycles. The van der Waals surface area contributed by atoms with Crippen molar-refractivity contribution in [1.29, 1.82) is 0 Å². The van der Waals surface area contributed by atoms with Gasteiger partial charge in [0, 0.05) is 17.8 Å². The number of aromatic nitrogens is 2. The molecule has 120 valence electrons. The lowest BCUT2D eigenvalue weighted by atomic mass is 10.2. The number of hydrogen-bond donors (Lipinski definition) is 2. The van der Waals surface area contributed by atoms with E-state index in [0.717, 1.165) is 5.56 Å². The predicted octanol–water partition coefficient (Wildman–Crippen LogP) is 2.33. The fourth-order valence-corrected chi connectivity index (χ4v) is 2.02. The zero-order chi connectivity index (χ0) is 15.2. The minimum Gasteiger partial charge on any atom is -0.352 e. The molecule has 0 fully saturated rings. The van der Waals surface area contributed by atoms with E-state index in [1.807, 2.05) is 31.2 Å². The summed E-state index contributed by atoms with van der Waals surface area (Å²) in [6.07, 6.45) is 3.27. The maximum Gasteiger partial charge on any atom is 0.254 e. The Kier molecular flexibility index (Phi) is 7.38. The lowest BCUT2D eigenvalue weighted by molar-refractivity contribution is 0.0948. The number of nitrogens with one attached hydrogen (secondary N) is 1. The standard InChI is InChI=1S/C15H19ClN4O.ClH/c1-11(6-17)7-18-15(21)13-8-19-20(10-13)9-12-4-2-3-5-14(12)16;/h2-5,8,10-11H,6-7,9,17H2,1H3,(H,18,21);1H. The highest BCUT2D eigenvalue weighted by Crippen LogP contribution is 2.16. The molecular weight excluding hydrogens is 323 g/mol. The van der Waals surface area contributed by atoms with E-state index in [9.17, 15) is 4.79 Å². The summed E-state index contributed by atoms with van der Waals surface area (Å²) >= 11 is 6.11. The van der Waals surface area contributed by atoms with E-state index >= 15 is 0 Å². The number of rotatable bonds is 6. The second-order valence-corrected chi connectivity index (χ2v) is 5.48. The maximum absolute atomic E-state index is 12.0. The van der Waals surface area contributed by atoms with Gasteiger partial charge < -0.3 is 11.1 Å². The maximum atomic E-state index is 12.0. The van der Waals surface area contributed by atoms with E-state index in [1.165, 1.54) is 0 Å². The highest BCUT2D eigenvalue weighted by Gasteiger charge is 2.10. The van der Waals surface area contributed by atoms with E-state index in [-0.39, 0.29) is 24.2 Å². The SMILES string of the molecule is CC(CN)CNC(=O)c1cnn(Cc2ccccc2Cl)c1.Cl. The normalized spacial score (nSPS) is 11.6. The van der Waals surface area contributed by atoms with Gasteiger partial charge in [0.25, 0.3) is 5.91 Å². The van der Waals surface area contributed by atoms with Crippen LogP contribution in [-0.2, 0) is 6.54 Å². The number of carbonyl (C=O) groups excluding carboxylic acids is 1. The molecular formula is C15H20Cl2N4O. The predicted molar refractivity (Wildman–Crippen MR) is 90.6 cm³/mol. The van der Waals surface area contributed by atoms with Crippen molar-refractivity contribution < 1.29 is 4.79 Å². The van der Waals surface area contributed by atoms with E-state index in [2.05, 4.69) is 10.4 Å². The second-order valence-electron chi connectivity index (χ2n) is 5.07. The Morgan fingerprint density at radius 3 is 2.86 bits per heavy atom. The van der Waals surface area contributed by atoms with Crippen LogP contribution in [-0.4, -0.2) is 28.8 Å². The Morgan fingerprint density at radius 2 is 2.18 bits per heavy atom. The first kappa shape index (κ1) is 18.5. The fraction of sp³-hybridized carbons (Fsp3) is 0.333. The minimum absolute atomic E-state index is 0. The zero-order valence-corrected chi connectivity index (χ0v) is 13.9. The number of nitrogens with two attached hydrogens (primary N) is 1. The molecule has 7 heteroatoms. The zero-order valence-electron chi connectivity index (χ0n) is 12.3. The number of benzene rings is 1. The third kappa shape index (κ3) is 5.02. The molecule has 1 aromatic heterocycles. The van der Waals surface area contributed by atoms with Gasteiger partial charge in [0.1, 0.15) is 0 Å². The molecule has 3 N–H and O–H groups in total. The molecule has 0 aliphatic carbocycles. The van der Waals surface area contributed by atoms with Gasteiger partial charge in [0.15, 0.2) is 0 Å². The molecule has 0 saturated carbocycles. The molecule has 2 rings (SSSR count). The van der Waals surface area contributed by atoms with Gasteiger partial charge in [-0.05, 0) is 24.1 Å². The lowest BCUT2D eigenvalue weighted by Gasteiger charge is -2.08. The van der Waals surface area contributed by atoms with Crippen LogP contribution < -0.4 is 11.1 Å². The Hall–Kier alpha value is -1.56. The van der Waals surface area contributed by atoms with Crippen molar-refractivity contribution in [1.82, 2.24) is 15.1 Å². The van der Waals surface area contributed by atoms with Gasteiger partial charge in [-0.1, -0.05) is 36.7 Å². The molecule has 5 nitrogen and oxygen atoms in total. The van der Waals surface area contributed by atoms with Crippen molar-refractivity contribution >= 4 is 29.9 Å². The average molecular weight is 343 g/mol. The average Bonchev–Trinajstić information content (AvgIpc) is 2.95. The van der Waals surface area contributed by atoms with Crippen molar-refractivity contribution in [2.45, 2.75) is 13.5 Å². The Labute approximate surface area is 141 Å². The first-order valence-corrected chi connectivity index (χ1v) is 7.22. The Morgan fingerprint density at radius 1 is 1.45 bits per heavy atom. The summed E-state index contributed by atoms with van der Waals surface area (Å²) in [6.45, 7) is 3.63. The first-order chi connectivity index (χ1) is 10.1. The largest absolute Gasteiger partial charge is 0.352 e. The van der Waals surface area contributed by atoms with Crippen LogP contribution in [0.25, 0.3) is 0 Å². The van der Waals surface area contributed by atoms with Crippen LogP contribution in [0.4, 0.5) is 0 Å². The second kappa shape index (κ2) is 8.78. The molecule has 1 aromatic carbocycles.